The van der Waals surface area contributed by atoms with Crippen LogP contribution >= 0.6 is 22.6 Å². The van der Waals surface area contributed by atoms with E-state index in [0.29, 0.717) is 18.7 Å². The number of ether oxygens (including phenoxy) is 2. The summed E-state index contributed by atoms with van der Waals surface area (Å²) in [6, 6.07) is 4.83. The van der Waals surface area contributed by atoms with Gasteiger partial charge in [0.05, 0.1) is 10.7 Å². The highest BCUT2D eigenvalue weighted by Gasteiger charge is 2.32. The van der Waals surface area contributed by atoms with Gasteiger partial charge >= 0.3 is 12.0 Å². The molecule has 1 saturated heterocycles. The summed E-state index contributed by atoms with van der Waals surface area (Å²) in [5.41, 5.74) is 0.985. The predicted molar refractivity (Wildman–Crippen MR) is 95.2 cm³/mol. The highest BCUT2D eigenvalue weighted by molar-refractivity contribution is 14.1. The van der Waals surface area contributed by atoms with Gasteiger partial charge in [-0.1, -0.05) is 13.0 Å². The van der Waals surface area contributed by atoms with Crippen molar-refractivity contribution in [3.63, 3.8) is 0 Å². The van der Waals surface area contributed by atoms with E-state index >= 15 is 0 Å². The van der Waals surface area contributed by atoms with E-state index in [1.165, 1.54) is 12.0 Å². The van der Waals surface area contributed by atoms with Crippen LogP contribution in [-0.4, -0.2) is 43.1 Å². The SMILES string of the molecule is CCCN1C(=O)N/C(=C/c2ccc(OCC(=O)OC)c(I)c2)C1=O. The monoisotopic (exact) mass is 444 g/mol. The molecule has 1 aliphatic heterocycles. The second-order valence-electron chi connectivity index (χ2n) is 5.00. The minimum atomic E-state index is -0.465. The Morgan fingerprint density at radius 1 is 1.38 bits per heavy atom. The van der Waals surface area contributed by atoms with Crippen molar-refractivity contribution in [1.82, 2.24) is 10.2 Å². The van der Waals surface area contributed by atoms with Gasteiger partial charge in [-0.05, 0) is 52.8 Å². The van der Waals surface area contributed by atoms with Crippen molar-refractivity contribution in [2.75, 3.05) is 20.3 Å². The molecule has 0 radical (unpaired) electrons. The van der Waals surface area contributed by atoms with Crippen LogP contribution in [0.1, 0.15) is 18.9 Å². The zero-order valence-corrected chi connectivity index (χ0v) is 15.5. The lowest BCUT2D eigenvalue weighted by Gasteiger charge is -2.09. The highest BCUT2D eigenvalue weighted by atomic mass is 127. The van der Waals surface area contributed by atoms with E-state index in [4.69, 9.17) is 4.74 Å². The van der Waals surface area contributed by atoms with Crippen LogP contribution in [0.4, 0.5) is 4.79 Å². The van der Waals surface area contributed by atoms with Crippen LogP contribution in [0.5, 0.6) is 5.75 Å². The summed E-state index contributed by atoms with van der Waals surface area (Å²) in [7, 11) is 1.29. The van der Waals surface area contributed by atoms with E-state index in [9.17, 15) is 14.4 Å². The standard InChI is InChI=1S/C16H17IN2O5/c1-3-6-19-15(21)12(18-16(19)22)8-10-4-5-13(11(17)7-10)24-9-14(20)23-2/h4-5,7-8H,3,6,9H2,1-2H3,(H,18,22)/b12-8+. The lowest BCUT2D eigenvalue weighted by Crippen LogP contribution is -2.31. The maximum Gasteiger partial charge on any atom is 0.343 e. The highest BCUT2D eigenvalue weighted by Crippen LogP contribution is 2.24. The van der Waals surface area contributed by atoms with Gasteiger partial charge in [0, 0.05) is 6.54 Å². The van der Waals surface area contributed by atoms with Crippen molar-refractivity contribution >= 4 is 46.6 Å². The normalized spacial score (nSPS) is 15.6. The van der Waals surface area contributed by atoms with Crippen LogP contribution in [0.15, 0.2) is 23.9 Å². The minimum Gasteiger partial charge on any atom is -0.481 e. The molecule has 1 N–H and O–H groups in total. The average molecular weight is 444 g/mol. The number of nitrogens with zero attached hydrogens (tertiary/aromatic N) is 1. The Morgan fingerprint density at radius 3 is 2.75 bits per heavy atom. The zero-order valence-electron chi connectivity index (χ0n) is 13.3. The van der Waals surface area contributed by atoms with Crippen LogP contribution in [0.2, 0.25) is 0 Å². The molecule has 0 aromatic heterocycles. The van der Waals surface area contributed by atoms with Crippen molar-refractivity contribution in [1.29, 1.82) is 0 Å². The summed E-state index contributed by atoms with van der Waals surface area (Å²) in [6.07, 6.45) is 2.32. The molecule has 1 fully saturated rings. The number of hydrogen-bond acceptors (Lipinski definition) is 5. The first-order chi connectivity index (χ1) is 11.5. The molecule has 0 bridgehead atoms. The molecule has 1 aliphatic rings. The summed E-state index contributed by atoms with van der Waals surface area (Å²) in [4.78, 5) is 36.2. The number of halogens is 1. The van der Waals surface area contributed by atoms with Gasteiger partial charge in [0.15, 0.2) is 6.61 Å². The Morgan fingerprint density at radius 2 is 2.12 bits per heavy atom. The number of esters is 1. The number of hydrogen-bond donors (Lipinski definition) is 1. The number of carbonyl (C=O) groups excluding carboxylic acids is 3. The summed E-state index contributed by atoms with van der Waals surface area (Å²) >= 11 is 2.07. The van der Waals surface area contributed by atoms with Crippen molar-refractivity contribution in [3.05, 3.63) is 33.0 Å². The number of benzene rings is 1. The lowest BCUT2D eigenvalue weighted by atomic mass is 10.2. The molecule has 8 heteroatoms. The third-order valence-electron chi connectivity index (χ3n) is 3.25. The van der Waals surface area contributed by atoms with Crippen LogP contribution in [0, 0.1) is 3.57 Å². The lowest BCUT2D eigenvalue weighted by molar-refractivity contribution is -0.142. The van der Waals surface area contributed by atoms with Gasteiger partial charge in [-0.15, -0.1) is 0 Å². The number of carbonyl (C=O) groups is 3. The Bertz CT molecular complexity index is 702. The third kappa shape index (κ3) is 4.25. The average Bonchev–Trinajstić information content (AvgIpc) is 2.81. The van der Waals surface area contributed by atoms with E-state index in [1.54, 1.807) is 24.3 Å². The maximum absolute atomic E-state index is 12.2. The molecule has 24 heavy (non-hydrogen) atoms. The predicted octanol–water partition coefficient (Wildman–Crippen LogP) is 2.15. The number of urea groups is 1. The largest absolute Gasteiger partial charge is 0.481 e. The van der Waals surface area contributed by atoms with Gasteiger partial charge in [0.2, 0.25) is 0 Å². The molecule has 7 nitrogen and oxygen atoms in total. The molecule has 0 aliphatic carbocycles. The van der Waals surface area contributed by atoms with E-state index < -0.39 is 12.0 Å². The molecule has 1 aromatic carbocycles. The quantitative estimate of drug-likeness (QED) is 0.315. The number of imide groups is 1. The minimum absolute atomic E-state index is 0.173. The van der Waals surface area contributed by atoms with Gasteiger partial charge in [-0.3, -0.25) is 9.69 Å². The molecule has 128 valence electrons. The zero-order chi connectivity index (χ0) is 17.7. The molecule has 1 heterocycles. The van der Waals surface area contributed by atoms with Crippen molar-refractivity contribution in [2.24, 2.45) is 0 Å². The fraction of sp³-hybridized carbons (Fsp3) is 0.312. The molecular weight excluding hydrogens is 427 g/mol. The first kappa shape index (κ1) is 18.2. The molecule has 2 rings (SSSR count). The fourth-order valence-corrected chi connectivity index (χ4v) is 2.78. The maximum atomic E-state index is 12.2. The topological polar surface area (TPSA) is 84.9 Å². The van der Waals surface area contributed by atoms with Crippen molar-refractivity contribution < 1.29 is 23.9 Å². The first-order valence-electron chi connectivity index (χ1n) is 7.30. The molecular formula is C16H17IN2O5. The second kappa shape index (κ2) is 8.13. The van der Waals surface area contributed by atoms with Crippen molar-refractivity contribution in [3.8, 4) is 5.75 Å². The summed E-state index contributed by atoms with van der Waals surface area (Å²) in [6.45, 7) is 2.12. The van der Waals surface area contributed by atoms with Crippen LogP contribution < -0.4 is 10.1 Å². The van der Waals surface area contributed by atoms with Gasteiger partial charge in [-0.2, -0.15) is 0 Å². The second-order valence-corrected chi connectivity index (χ2v) is 6.16. The molecule has 3 amide bonds. The molecule has 0 spiro atoms. The Hall–Kier alpha value is -2.10. The number of methoxy groups -OCH3 is 1. The van der Waals surface area contributed by atoms with Crippen LogP contribution in [0.3, 0.4) is 0 Å². The Kier molecular flexibility index (Phi) is 6.18. The van der Waals surface area contributed by atoms with Gasteiger partial charge in [-0.25, -0.2) is 9.59 Å². The number of rotatable bonds is 6. The summed E-state index contributed by atoms with van der Waals surface area (Å²) < 4.78 is 10.6. The smallest absolute Gasteiger partial charge is 0.343 e. The summed E-state index contributed by atoms with van der Waals surface area (Å²) in [5.74, 6) is -0.257. The van der Waals surface area contributed by atoms with E-state index in [1.807, 2.05) is 6.92 Å². The van der Waals surface area contributed by atoms with Crippen molar-refractivity contribution in [2.45, 2.75) is 13.3 Å². The van der Waals surface area contributed by atoms with Crippen LogP contribution in [0.25, 0.3) is 6.08 Å². The van der Waals surface area contributed by atoms with Crippen LogP contribution in [-0.2, 0) is 14.3 Å². The summed E-state index contributed by atoms with van der Waals surface area (Å²) in [5, 5.41) is 2.57. The molecule has 0 atom stereocenters. The van der Waals surface area contributed by atoms with E-state index in [-0.39, 0.29) is 18.2 Å². The Balaban J connectivity index is 2.13. The van der Waals surface area contributed by atoms with Gasteiger partial charge in [0.1, 0.15) is 11.4 Å². The van der Waals surface area contributed by atoms with Gasteiger partial charge < -0.3 is 14.8 Å². The fourth-order valence-electron chi connectivity index (χ4n) is 2.08. The number of nitrogens with one attached hydrogen (secondary N) is 1. The van der Waals surface area contributed by atoms with Gasteiger partial charge in [0.25, 0.3) is 5.91 Å². The number of amides is 3. The molecule has 0 unspecified atom stereocenters. The first-order valence-corrected chi connectivity index (χ1v) is 8.37. The molecule has 1 aromatic rings. The van der Waals surface area contributed by atoms with E-state index in [2.05, 4.69) is 32.6 Å². The third-order valence-corrected chi connectivity index (χ3v) is 4.09. The Labute approximate surface area is 153 Å². The van der Waals surface area contributed by atoms with E-state index in [0.717, 1.165) is 9.13 Å². The molecule has 0 saturated carbocycles.